The van der Waals surface area contributed by atoms with E-state index in [0.717, 1.165) is 6.42 Å². The second-order valence-electron chi connectivity index (χ2n) is 3.74. The molecular formula is C12H13NO2S. The van der Waals surface area contributed by atoms with Crippen LogP contribution in [0, 0.1) is 0 Å². The number of aromatic nitrogens is 1. The fourth-order valence-corrected chi connectivity index (χ4v) is 2.60. The van der Waals surface area contributed by atoms with E-state index in [2.05, 4.69) is 6.07 Å². The molecule has 0 saturated heterocycles. The highest BCUT2D eigenvalue weighted by atomic mass is 32.1. The first-order chi connectivity index (χ1) is 7.68. The van der Waals surface area contributed by atoms with Crippen LogP contribution in [0.4, 0.5) is 0 Å². The van der Waals surface area contributed by atoms with Gasteiger partial charge in [-0.2, -0.15) is 0 Å². The van der Waals surface area contributed by atoms with Gasteiger partial charge in [-0.3, -0.25) is 0 Å². The monoisotopic (exact) mass is 235 g/mol. The molecule has 0 aliphatic carbocycles. The Morgan fingerprint density at radius 2 is 2.31 bits per heavy atom. The number of hydrogen-bond acceptors (Lipinski definition) is 2. The van der Waals surface area contributed by atoms with Crippen molar-refractivity contribution in [2.24, 2.45) is 0 Å². The number of carboxylic acid groups (broad SMARTS) is 1. The smallest absolute Gasteiger partial charge is 0.352 e. The van der Waals surface area contributed by atoms with E-state index in [1.807, 2.05) is 29.1 Å². The quantitative estimate of drug-likeness (QED) is 0.885. The first-order valence-electron chi connectivity index (χ1n) is 5.11. The number of thiophene rings is 1. The molecule has 2 aromatic heterocycles. The van der Waals surface area contributed by atoms with E-state index in [9.17, 15) is 4.79 Å². The predicted molar refractivity (Wildman–Crippen MR) is 64.1 cm³/mol. The third-order valence-electron chi connectivity index (χ3n) is 2.55. The van der Waals surface area contributed by atoms with Crippen LogP contribution in [0.25, 0.3) is 0 Å². The van der Waals surface area contributed by atoms with Crippen LogP contribution in [0.5, 0.6) is 0 Å². The molecule has 0 saturated carbocycles. The lowest BCUT2D eigenvalue weighted by molar-refractivity contribution is 0.0683. The normalized spacial score (nSPS) is 12.6. The number of carboxylic acids is 1. The lowest BCUT2D eigenvalue weighted by atomic mass is 10.2. The maximum absolute atomic E-state index is 11.0. The molecule has 3 nitrogen and oxygen atoms in total. The summed E-state index contributed by atoms with van der Waals surface area (Å²) in [4.78, 5) is 12.2. The van der Waals surface area contributed by atoms with Gasteiger partial charge in [0.1, 0.15) is 5.69 Å². The Morgan fingerprint density at radius 3 is 2.94 bits per heavy atom. The molecule has 0 aliphatic heterocycles. The van der Waals surface area contributed by atoms with Crippen molar-refractivity contribution in [2.75, 3.05) is 0 Å². The standard InChI is InChI=1S/C12H13NO2S/c1-9(8-10-4-3-7-16-10)13-6-2-5-11(13)12(14)15/h2-7,9H,8H2,1H3,(H,14,15). The van der Waals surface area contributed by atoms with Crippen molar-refractivity contribution in [1.82, 2.24) is 4.57 Å². The summed E-state index contributed by atoms with van der Waals surface area (Å²) in [6.45, 7) is 2.03. The van der Waals surface area contributed by atoms with Crippen LogP contribution in [0.3, 0.4) is 0 Å². The second-order valence-corrected chi connectivity index (χ2v) is 4.77. The number of rotatable bonds is 4. The van der Waals surface area contributed by atoms with E-state index in [1.165, 1.54) is 4.88 Å². The summed E-state index contributed by atoms with van der Waals surface area (Å²) in [5.41, 5.74) is 0.351. The summed E-state index contributed by atoms with van der Waals surface area (Å²) >= 11 is 1.70. The van der Waals surface area contributed by atoms with Crippen LogP contribution in [0.2, 0.25) is 0 Å². The predicted octanol–water partition coefficient (Wildman–Crippen LogP) is 3.05. The molecule has 16 heavy (non-hydrogen) atoms. The minimum absolute atomic E-state index is 0.166. The zero-order valence-electron chi connectivity index (χ0n) is 8.96. The summed E-state index contributed by atoms with van der Waals surface area (Å²) in [5.74, 6) is -0.872. The Labute approximate surface area is 98.0 Å². The fourth-order valence-electron chi connectivity index (χ4n) is 1.78. The third-order valence-corrected chi connectivity index (χ3v) is 3.45. The van der Waals surface area contributed by atoms with E-state index in [1.54, 1.807) is 23.5 Å². The van der Waals surface area contributed by atoms with E-state index >= 15 is 0 Å². The highest BCUT2D eigenvalue weighted by molar-refractivity contribution is 7.09. The molecule has 1 N–H and O–H groups in total. The summed E-state index contributed by atoms with van der Waals surface area (Å²) in [7, 11) is 0. The molecule has 84 valence electrons. The highest BCUT2D eigenvalue weighted by Gasteiger charge is 2.14. The molecule has 2 aromatic rings. The molecule has 2 heterocycles. The van der Waals surface area contributed by atoms with Crippen molar-refractivity contribution in [2.45, 2.75) is 19.4 Å². The van der Waals surface area contributed by atoms with Crippen LogP contribution >= 0.6 is 11.3 Å². The first-order valence-corrected chi connectivity index (χ1v) is 5.99. The minimum Gasteiger partial charge on any atom is -0.477 e. The minimum atomic E-state index is -0.872. The lowest BCUT2D eigenvalue weighted by Gasteiger charge is -2.14. The average molecular weight is 235 g/mol. The summed E-state index contributed by atoms with van der Waals surface area (Å²) in [6.07, 6.45) is 2.69. The van der Waals surface area contributed by atoms with Crippen molar-refractivity contribution in [3.63, 3.8) is 0 Å². The van der Waals surface area contributed by atoms with Crippen molar-refractivity contribution < 1.29 is 9.90 Å². The van der Waals surface area contributed by atoms with E-state index < -0.39 is 5.97 Å². The van der Waals surface area contributed by atoms with E-state index in [4.69, 9.17) is 5.11 Å². The first kappa shape index (κ1) is 11.0. The van der Waals surface area contributed by atoms with Gasteiger partial charge in [-0.05, 0) is 30.5 Å². The molecule has 0 aliphatic rings. The molecule has 2 rings (SSSR count). The van der Waals surface area contributed by atoms with Gasteiger partial charge in [-0.25, -0.2) is 4.79 Å². The largest absolute Gasteiger partial charge is 0.477 e. The Hall–Kier alpha value is -1.55. The fraction of sp³-hybridized carbons (Fsp3) is 0.250. The maximum Gasteiger partial charge on any atom is 0.352 e. The molecule has 0 bridgehead atoms. The van der Waals surface area contributed by atoms with Gasteiger partial charge < -0.3 is 9.67 Å². The highest BCUT2D eigenvalue weighted by Crippen LogP contribution is 2.20. The topological polar surface area (TPSA) is 42.2 Å². The molecule has 0 amide bonds. The Kier molecular flexibility index (Phi) is 3.10. The number of hydrogen-bond donors (Lipinski definition) is 1. The van der Waals surface area contributed by atoms with Gasteiger partial charge in [-0.15, -0.1) is 11.3 Å². The average Bonchev–Trinajstić information content (AvgIpc) is 2.86. The van der Waals surface area contributed by atoms with Gasteiger partial charge >= 0.3 is 5.97 Å². The van der Waals surface area contributed by atoms with Gasteiger partial charge in [0.05, 0.1) is 0 Å². The number of nitrogens with zero attached hydrogens (tertiary/aromatic N) is 1. The van der Waals surface area contributed by atoms with Gasteiger partial charge in [0.2, 0.25) is 0 Å². The second kappa shape index (κ2) is 4.53. The molecule has 1 unspecified atom stereocenters. The van der Waals surface area contributed by atoms with E-state index in [0.29, 0.717) is 5.69 Å². The van der Waals surface area contributed by atoms with Crippen molar-refractivity contribution >= 4 is 17.3 Å². The maximum atomic E-state index is 11.0. The van der Waals surface area contributed by atoms with Crippen LogP contribution < -0.4 is 0 Å². The molecule has 1 atom stereocenters. The van der Waals surface area contributed by atoms with Gasteiger partial charge in [0, 0.05) is 23.5 Å². The van der Waals surface area contributed by atoms with Crippen LogP contribution in [0.1, 0.15) is 28.3 Å². The molecular weight excluding hydrogens is 222 g/mol. The van der Waals surface area contributed by atoms with Crippen LogP contribution in [-0.2, 0) is 6.42 Å². The Bertz CT molecular complexity index is 473. The molecule has 0 fully saturated rings. The van der Waals surface area contributed by atoms with Crippen molar-refractivity contribution in [3.8, 4) is 0 Å². The lowest BCUT2D eigenvalue weighted by Crippen LogP contribution is -2.13. The Morgan fingerprint density at radius 1 is 1.50 bits per heavy atom. The van der Waals surface area contributed by atoms with E-state index in [-0.39, 0.29) is 6.04 Å². The molecule has 0 spiro atoms. The van der Waals surface area contributed by atoms with Crippen LogP contribution in [0.15, 0.2) is 35.8 Å². The zero-order valence-corrected chi connectivity index (χ0v) is 9.78. The summed E-state index contributed by atoms with van der Waals surface area (Å²) in [5, 5.41) is 11.0. The molecule has 0 radical (unpaired) electrons. The van der Waals surface area contributed by atoms with Crippen molar-refractivity contribution in [1.29, 1.82) is 0 Å². The van der Waals surface area contributed by atoms with Gasteiger partial charge in [0.25, 0.3) is 0 Å². The third kappa shape index (κ3) is 2.17. The SMILES string of the molecule is CC(Cc1cccs1)n1cccc1C(=O)O. The number of aromatic carboxylic acids is 1. The Balaban J connectivity index is 2.17. The zero-order chi connectivity index (χ0) is 11.5. The van der Waals surface area contributed by atoms with Crippen molar-refractivity contribution in [3.05, 3.63) is 46.4 Å². The summed E-state index contributed by atoms with van der Waals surface area (Å²) < 4.78 is 1.81. The van der Waals surface area contributed by atoms with Gasteiger partial charge in [-0.1, -0.05) is 6.07 Å². The summed E-state index contributed by atoms with van der Waals surface area (Å²) in [6, 6.07) is 7.66. The molecule has 0 aromatic carbocycles. The van der Waals surface area contributed by atoms with Gasteiger partial charge in [0.15, 0.2) is 0 Å². The van der Waals surface area contributed by atoms with Crippen LogP contribution in [-0.4, -0.2) is 15.6 Å². The number of carbonyl (C=O) groups is 1. The molecule has 4 heteroatoms.